The molecule has 2 aromatic carbocycles. The fourth-order valence-electron chi connectivity index (χ4n) is 2.82. The van der Waals surface area contributed by atoms with Crippen LogP contribution in [0.4, 0.5) is 0 Å². The highest BCUT2D eigenvalue weighted by atomic mass is 15.1. The van der Waals surface area contributed by atoms with Gasteiger partial charge < -0.3 is 0 Å². The molecule has 0 amide bonds. The second-order valence-corrected chi connectivity index (χ2v) is 5.35. The predicted molar refractivity (Wildman–Crippen MR) is 80.3 cm³/mol. The van der Waals surface area contributed by atoms with E-state index in [4.69, 9.17) is 5.26 Å². The molecule has 0 N–H and O–H groups in total. The maximum absolute atomic E-state index is 8.83. The van der Waals surface area contributed by atoms with Gasteiger partial charge in [0.15, 0.2) is 0 Å². The molecule has 0 radical (unpaired) electrons. The van der Waals surface area contributed by atoms with Crippen LogP contribution >= 0.6 is 0 Å². The van der Waals surface area contributed by atoms with Crippen LogP contribution in [0.5, 0.6) is 0 Å². The fraction of sp³-hybridized carbons (Fsp3) is 0.278. The summed E-state index contributed by atoms with van der Waals surface area (Å²) in [5, 5.41) is 8.83. The van der Waals surface area contributed by atoms with Gasteiger partial charge in [0, 0.05) is 19.6 Å². The standard InChI is InChI=1S/C18H18N2/c19-13-15-5-7-16(8-6-15)14-20-11-9-17-3-1-2-4-18(17)10-12-20/h1-8H,9-12,14H2. The normalized spacial score (nSPS) is 15.2. The second kappa shape index (κ2) is 5.90. The van der Waals surface area contributed by atoms with Gasteiger partial charge in [0.25, 0.3) is 0 Å². The number of nitrogens with zero attached hydrogens (tertiary/aromatic N) is 2. The van der Waals surface area contributed by atoms with Crippen molar-refractivity contribution in [2.75, 3.05) is 13.1 Å². The summed E-state index contributed by atoms with van der Waals surface area (Å²) in [6.07, 6.45) is 2.26. The molecule has 0 saturated carbocycles. The van der Waals surface area contributed by atoms with Gasteiger partial charge in [-0.25, -0.2) is 0 Å². The minimum atomic E-state index is 0.733. The zero-order chi connectivity index (χ0) is 13.8. The SMILES string of the molecule is N#Cc1ccc(CN2CCc3ccccc3CC2)cc1. The van der Waals surface area contributed by atoms with Crippen LogP contribution in [0.2, 0.25) is 0 Å². The molecule has 1 heterocycles. The van der Waals surface area contributed by atoms with Crippen molar-refractivity contribution < 1.29 is 0 Å². The lowest BCUT2D eigenvalue weighted by Gasteiger charge is -2.19. The van der Waals surface area contributed by atoms with Crippen LogP contribution in [0.3, 0.4) is 0 Å². The van der Waals surface area contributed by atoms with Crippen LogP contribution in [0.15, 0.2) is 48.5 Å². The zero-order valence-corrected chi connectivity index (χ0v) is 11.5. The first kappa shape index (κ1) is 12.9. The van der Waals surface area contributed by atoms with Gasteiger partial charge in [0.1, 0.15) is 0 Å². The Balaban J connectivity index is 1.66. The highest BCUT2D eigenvalue weighted by Gasteiger charge is 2.13. The Hall–Kier alpha value is -2.11. The van der Waals surface area contributed by atoms with E-state index >= 15 is 0 Å². The average Bonchev–Trinajstić information content (AvgIpc) is 2.71. The molecule has 3 rings (SSSR count). The van der Waals surface area contributed by atoms with Gasteiger partial charge in [-0.3, -0.25) is 4.90 Å². The summed E-state index contributed by atoms with van der Waals surface area (Å²) in [4.78, 5) is 2.50. The quantitative estimate of drug-likeness (QED) is 0.831. The third-order valence-corrected chi connectivity index (χ3v) is 4.00. The molecule has 2 heteroatoms. The van der Waals surface area contributed by atoms with E-state index in [2.05, 4.69) is 47.4 Å². The molecule has 0 aliphatic carbocycles. The van der Waals surface area contributed by atoms with Crippen molar-refractivity contribution in [3.63, 3.8) is 0 Å². The topological polar surface area (TPSA) is 27.0 Å². The van der Waals surface area contributed by atoms with Crippen LogP contribution in [0.25, 0.3) is 0 Å². The van der Waals surface area contributed by atoms with Crippen molar-refractivity contribution in [1.29, 1.82) is 5.26 Å². The third-order valence-electron chi connectivity index (χ3n) is 4.00. The van der Waals surface area contributed by atoms with Crippen molar-refractivity contribution in [2.24, 2.45) is 0 Å². The van der Waals surface area contributed by atoms with E-state index in [0.29, 0.717) is 0 Å². The number of hydrogen-bond donors (Lipinski definition) is 0. The predicted octanol–water partition coefficient (Wildman–Crippen LogP) is 3.16. The molecule has 0 unspecified atom stereocenters. The minimum Gasteiger partial charge on any atom is -0.298 e. The van der Waals surface area contributed by atoms with Gasteiger partial charge >= 0.3 is 0 Å². The van der Waals surface area contributed by atoms with Gasteiger partial charge in [-0.15, -0.1) is 0 Å². The third kappa shape index (κ3) is 2.89. The first-order valence-electron chi connectivity index (χ1n) is 7.13. The molecule has 1 aliphatic rings. The van der Waals surface area contributed by atoms with E-state index in [1.165, 1.54) is 16.7 Å². The Morgan fingerprint density at radius 3 is 2.05 bits per heavy atom. The summed E-state index contributed by atoms with van der Waals surface area (Å²) in [5.41, 5.74) is 5.01. The van der Waals surface area contributed by atoms with Crippen LogP contribution in [0.1, 0.15) is 22.3 Å². The molecule has 0 atom stereocenters. The van der Waals surface area contributed by atoms with Crippen LogP contribution < -0.4 is 0 Å². The van der Waals surface area contributed by atoms with E-state index in [-0.39, 0.29) is 0 Å². The summed E-state index contributed by atoms with van der Waals surface area (Å²) in [6.45, 7) is 3.19. The summed E-state index contributed by atoms with van der Waals surface area (Å²) in [7, 11) is 0. The second-order valence-electron chi connectivity index (χ2n) is 5.35. The molecule has 0 saturated heterocycles. The maximum Gasteiger partial charge on any atom is 0.0991 e. The van der Waals surface area contributed by atoms with Crippen molar-refractivity contribution in [3.05, 3.63) is 70.8 Å². The minimum absolute atomic E-state index is 0.733. The lowest BCUT2D eigenvalue weighted by molar-refractivity contribution is 0.279. The van der Waals surface area contributed by atoms with Crippen molar-refractivity contribution >= 4 is 0 Å². The van der Waals surface area contributed by atoms with E-state index in [9.17, 15) is 0 Å². The molecule has 0 bridgehead atoms. The first-order valence-corrected chi connectivity index (χ1v) is 7.13. The first-order chi connectivity index (χ1) is 9.85. The molecule has 0 aromatic heterocycles. The monoisotopic (exact) mass is 262 g/mol. The van der Waals surface area contributed by atoms with Gasteiger partial charge in [0.05, 0.1) is 11.6 Å². The summed E-state index contributed by atoms with van der Waals surface area (Å²) < 4.78 is 0. The number of fused-ring (bicyclic) bond motifs is 1. The van der Waals surface area contributed by atoms with Crippen LogP contribution in [-0.2, 0) is 19.4 Å². The summed E-state index contributed by atoms with van der Waals surface area (Å²) in [5.74, 6) is 0. The Labute approximate surface area is 120 Å². The van der Waals surface area contributed by atoms with E-state index in [1.54, 1.807) is 0 Å². The number of benzene rings is 2. The number of rotatable bonds is 2. The molecule has 2 nitrogen and oxygen atoms in total. The van der Waals surface area contributed by atoms with Crippen LogP contribution in [-0.4, -0.2) is 18.0 Å². The zero-order valence-electron chi connectivity index (χ0n) is 11.5. The Morgan fingerprint density at radius 1 is 0.900 bits per heavy atom. The van der Waals surface area contributed by atoms with Gasteiger partial charge in [0.2, 0.25) is 0 Å². The van der Waals surface area contributed by atoms with E-state index < -0.39 is 0 Å². The summed E-state index contributed by atoms with van der Waals surface area (Å²) in [6, 6.07) is 18.9. The molecular weight excluding hydrogens is 244 g/mol. The van der Waals surface area contributed by atoms with Crippen molar-refractivity contribution in [1.82, 2.24) is 4.90 Å². The largest absolute Gasteiger partial charge is 0.298 e. The Bertz CT molecular complexity index is 596. The fourth-order valence-corrected chi connectivity index (χ4v) is 2.82. The highest BCUT2D eigenvalue weighted by Crippen LogP contribution is 2.17. The highest BCUT2D eigenvalue weighted by molar-refractivity contribution is 5.32. The van der Waals surface area contributed by atoms with E-state index in [1.807, 2.05) is 12.1 Å². The number of nitriles is 1. The smallest absolute Gasteiger partial charge is 0.0991 e. The molecule has 2 aromatic rings. The Kier molecular flexibility index (Phi) is 3.80. The maximum atomic E-state index is 8.83. The lowest BCUT2D eigenvalue weighted by Crippen LogP contribution is -2.25. The molecule has 1 aliphatic heterocycles. The molecule has 0 fully saturated rings. The van der Waals surface area contributed by atoms with Crippen molar-refractivity contribution in [3.8, 4) is 6.07 Å². The molecule has 20 heavy (non-hydrogen) atoms. The number of hydrogen-bond acceptors (Lipinski definition) is 2. The molecule has 100 valence electrons. The Morgan fingerprint density at radius 2 is 1.50 bits per heavy atom. The van der Waals surface area contributed by atoms with Gasteiger partial charge in [-0.1, -0.05) is 36.4 Å². The molecule has 0 spiro atoms. The summed E-state index contributed by atoms with van der Waals surface area (Å²) >= 11 is 0. The van der Waals surface area contributed by atoms with Crippen LogP contribution in [0, 0.1) is 11.3 Å². The van der Waals surface area contributed by atoms with Gasteiger partial charge in [-0.2, -0.15) is 5.26 Å². The van der Waals surface area contributed by atoms with Crippen molar-refractivity contribution in [2.45, 2.75) is 19.4 Å². The van der Waals surface area contributed by atoms with Gasteiger partial charge in [-0.05, 0) is 41.7 Å². The average molecular weight is 262 g/mol. The lowest BCUT2D eigenvalue weighted by atomic mass is 10.0. The van der Waals surface area contributed by atoms with E-state index in [0.717, 1.165) is 38.0 Å². The molecular formula is C18H18N2.